The van der Waals surface area contributed by atoms with E-state index in [2.05, 4.69) is 20.3 Å². The van der Waals surface area contributed by atoms with E-state index in [9.17, 15) is 14.7 Å². The zero-order valence-electron chi connectivity index (χ0n) is 19.2. The fourth-order valence-corrected chi connectivity index (χ4v) is 3.56. The Morgan fingerprint density at radius 3 is 2.66 bits per heavy atom. The van der Waals surface area contributed by atoms with Crippen molar-refractivity contribution in [1.82, 2.24) is 20.3 Å². The summed E-state index contributed by atoms with van der Waals surface area (Å²) in [5, 5.41) is 13.6. The van der Waals surface area contributed by atoms with Gasteiger partial charge in [0, 0.05) is 24.8 Å². The van der Waals surface area contributed by atoms with E-state index in [0.29, 0.717) is 40.5 Å². The number of fused-ring (bicyclic) bond motifs is 1. The molecule has 2 heterocycles. The van der Waals surface area contributed by atoms with Crippen LogP contribution in [0.4, 0.5) is 0 Å². The summed E-state index contributed by atoms with van der Waals surface area (Å²) in [5.41, 5.74) is 7.56. The molecule has 2 aromatic heterocycles. The lowest BCUT2D eigenvalue weighted by molar-refractivity contribution is 0.1000. The summed E-state index contributed by atoms with van der Waals surface area (Å²) in [5.74, 6) is 0.963. The highest BCUT2D eigenvalue weighted by atomic mass is 16.5. The van der Waals surface area contributed by atoms with Gasteiger partial charge in [0.05, 0.1) is 11.1 Å². The molecule has 0 saturated heterocycles. The third kappa shape index (κ3) is 6.46. The van der Waals surface area contributed by atoms with Crippen molar-refractivity contribution >= 4 is 16.9 Å². The number of aromatic nitrogens is 3. The molecule has 0 aliphatic rings. The molecule has 0 saturated carbocycles. The van der Waals surface area contributed by atoms with Crippen molar-refractivity contribution in [3.8, 4) is 17.4 Å². The number of para-hydroxylation sites is 1. The number of rotatable bonds is 11. The third-order valence-electron chi connectivity index (χ3n) is 5.35. The molecular weight excluding hydrogens is 450 g/mol. The van der Waals surface area contributed by atoms with Gasteiger partial charge in [-0.15, -0.1) is 0 Å². The summed E-state index contributed by atoms with van der Waals surface area (Å²) in [7, 11) is 0. The number of aliphatic hydroxyl groups is 1. The topological polar surface area (TPSA) is 155 Å². The van der Waals surface area contributed by atoms with Crippen molar-refractivity contribution in [1.29, 1.82) is 0 Å². The number of nitrogens with two attached hydrogens (primary N) is 1. The lowest BCUT2D eigenvalue weighted by atomic mass is 10.1. The summed E-state index contributed by atoms with van der Waals surface area (Å²) in [6.07, 6.45) is 1.41. The number of imidazole rings is 1. The van der Waals surface area contributed by atoms with Gasteiger partial charge in [0.2, 0.25) is 11.8 Å². The van der Waals surface area contributed by atoms with E-state index in [1.165, 1.54) is 6.20 Å². The number of amides is 1. The second kappa shape index (κ2) is 10.9. The van der Waals surface area contributed by atoms with Crippen molar-refractivity contribution in [2.24, 2.45) is 5.73 Å². The van der Waals surface area contributed by atoms with E-state index in [1.54, 1.807) is 30.3 Å². The zero-order valence-corrected chi connectivity index (χ0v) is 19.2. The first-order chi connectivity index (χ1) is 16.9. The Morgan fingerprint density at radius 2 is 1.94 bits per heavy atom. The SMILES string of the molecule is CC(Cc1ccc(Oc2ccc(C(N)=O)cn2)cc1)NCC(O)COc1cccc2[nH]c(=O)[nH]c12. The lowest BCUT2D eigenvalue weighted by Gasteiger charge is -2.18. The first-order valence-electron chi connectivity index (χ1n) is 11.2. The van der Waals surface area contributed by atoms with E-state index >= 15 is 0 Å². The monoisotopic (exact) mass is 477 g/mol. The van der Waals surface area contributed by atoms with Gasteiger partial charge < -0.3 is 35.6 Å². The minimum atomic E-state index is -0.720. The Labute approximate surface area is 201 Å². The largest absolute Gasteiger partial charge is 0.489 e. The van der Waals surface area contributed by atoms with Crippen molar-refractivity contribution in [3.05, 3.63) is 82.4 Å². The maximum absolute atomic E-state index is 11.5. The number of carbonyl (C=O) groups is 1. The van der Waals surface area contributed by atoms with Gasteiger partial charge in [0.25, 0.3) is 0 Å². The number of aliphatic hydroxyl groups excluding tert-OH is 1. The van der Waals surface area contributed by atoms with E-state index in [0.717, 1.165) is 12.0 Å². The molecular formula is C25H27N5O5. The molecule has 2 aromatic carbocycles. The predicted molar refractivity (Wildman–Crippen MR) is 131 cm³/mol. The Balaban J connectivity index is 1.21. The summed E-state index contributed by atoms with van der Waals surface area (Å²) < 4.78 is 11.4. The number of nitrogens with one attached hydrogen (secondary N) is 3. The summed E-state index contributed by atoms with van der Waals surface area (Å²) >= 11 is 0. The predicted octanol–water partition coefficient (Wildman–Crippen LogP) is 2.10. The Kier molecular flexibility index (Phi) is 7.44. The van der Waals surface area contributed by atoms with Gasteiger partial charge in [0.1, 0.15) is 29.7 Å². The van der Waals surface area contributed by atoms with Crippen LogP contribution in [-0.2, 0) is 6.42 Å². The molecule has 1 amide bonds. The number of nitrogens with zero attached hydrogens (tertiary/aromatic N) is 1. The first-order valence-corrected chi connectivity index (χ1v) is 11.2. The quantitative estimate of drug-likeness (QED) is 0.221. The zero-order chi connectivity index (χ0) is 24.8. The molecule has 6 N–H and O–H groups in total. The number of hydrogen-bond donors (Lipinski definition) is 5. The number of H-pyrrole nitrogens is 2. The van der Waals surface area contributed by atoms with Crippen LogP contribution in [-0.4, -0.2) is 51.3 Å². The van der Waals surface area contributed by atoms with E-state index in [-0.39, 0.29) is 18.3 Å². The van der Waals surface area contributed by atoms with Gasteiger partial charge in [-0.3, -0.25) is 4.79 Å². The van der Waals surface area contributed by atoms with Crippen LogP contribution in [0.5, 0.6) is 17.4 Å². The van der Waals surface area contributed by atoms with Crippen LogP contribution >= 0.6 is 0 Å². The van der Waals surface area contributed by atoms with E-state index in [4.69, 9.17) is 15.2 Å². The van der Waals surface area contributed by atoms with Crippen molar-refractivity contribution < 1.29 is 19.4 Å². The number of aromatic amines is 2. The molecule has 0 aliphatic heterocycles. The molecule has 0 fully saturated rings. The second-order valence-electron chi connectivity index (χ2n) is 8.23. The maximum atomic E-state index is 11.5. The van der Waals surface area contributed by atoms with Crippen LogP contribution in [0.1, 0.15) is 22.8 Å². The summed E-state index contributed by atoms with van der Waals surface area (Å²) in [6, 6.07) is 16.2. The van der Waals surface area contributed by atoms with Gasteiger partial charge in [-0.2, -0.15) is 0 Å². The van der Waals surface area contributed by atoms with Crippen molar-refractivity contribution in [2.75, 3.05) is 13.2 Å². The van der Waals surface area contributed by atoms with Crippen LogP contribution in [0.3, 0.4) is 0 Å². The Bertz CT molecular complexity index is 1330. The minimum absolute atomic E-state index is 0.0898. The van der Waals surface area contributed by atoms with E-state index in [1.807, 2.05) is 31.2 Å². The molecule has 2 atom stereocenters. The number of primary amides is 1. The molecule has 0 aliphatic carbocycles. The molecule has 0 spiro atoms. The van der Waals surface area contributed by atoms with Gasteiger partial charge in [0.15, 0.2) is 0 Å². The molecule has 2 unspecified atom stereocenters. The number of pyridine rings is 1. The fraction of sp³-hybridized carbons (Fsp3) is 0.240. The molecule has 10 nitrogen and oxygen atoms in total. The highest BCUT2D eigenvalue weighted by Crippen LogP contribution is 2.22. The molecule has 0 bridgehead atoms. The van der Waals surface area contributed by atoms with Crippen LogP contribution < -0.4 is 26.2 Å². The van der Waals surface area contributed by atoms with Crippen molar-refractivity contribution in [2.45, 2.75) is 25.5 Å². The molecule has 35 heavy (non-hydrogen) atoms. The van der Waals surface area contributed by atoms with Crippen LogP contribution in [0.15, 0.2) is 65.6 Å². The average Bonchev–Trinajstić information content (AvgIpc) is 3.24. The number of carbonyl (C=O) groups excluding carboxylic acids is 1. The highest BCUT2D eigenvalue weighted by molar-refractivity contribution is 5.92. The van der Waals surface area contributed by atoms with Crippen molar-refractivity contribution in [3.63, 3.8) is 0 Å². The summed E-state index contributed by atoms with van der Waals surface area (Å²) in [6.45, 7) is 2.48. The average molecular weight is 478 g/mol. The Morgan fingerprint density at radius 1 is 1.14 bits per heavy atom. The van der Waals surface area contributed by atoms with Gasteiger partial charge in [-0.25, -0.2) is 9.78 Å². The minimum Gasteiger partial charge on any atom is -0.489 e. The third-order valence-corrected chi connectivity index (χ3v) is 5.35. The van der Waals surface area contributed by atoms with Gasteiger partial charge >= 0.3 is 5.69 Å². The molecule has 10 heteroatoms. The smallest absolute Gasteiger partial charge is 0.323 e. The Hall–Kier alpha value is -4.15. The maximum Gasteiger partial charge on any atom is 0.323 e. The normalized spacial score (nSPS) is 12.9. The molecule has 0 radical (unpaired) electrons. The second-order valence-corrected chi connectivity index (χ2v) is 8.23. The van der Waals surface area contributed by atoms with Crippen LogP contribution in [0.25, 0.3) is 11.0 Å². The standard InChI is InChI=1S/C25H27N5O5/c1-15(27-13-18(31)14-34-21-4-2-3-20-23(21)30-25(33)29-20)11-16-5-8-19(9-6-16)35-22-10-7-17(12-28-22)24(26)32/h2-10,12,15,18,27,31H,11,13-14H2,1H3,(H2,26,32)(H2,29,30,33). The molecule has 4 aromatic rings. The van der Waals surface area contributed by atoms with Gasteiger partial charge in [-0.1, -0.05) is 18.2 Å². The number of benzene rings is 2. The van der Waals surface area contributed by atoms with E-state index < -0.39 is 12.0 Å². The van der Waals surface area contributed by atoms with Gasteiger partial charge in [-0.05, 0) is 49.2 Å². The first kappa shape index (κ1) is 24.0. The molecule has 182 valence electrons. The van der Waals surface area contributed by atoms with Crippen LogP contribution in [0, 0.1) is 0 Å². The molecule has 4 rings (SSSR count). The highest BCUT2D eigenvalue weighted by Gasteiger charge is 2.11. The van der Waals surface area contributed by atoms with Crippen LogP contribution in [0.2, 0.25) is 0 Å². The number of ether oxygens (including phenoxy) is 2. The summed E-state index contributed by atoms with van der Waals surface area (Å²) in [4.78, 5) is 32.0. The lowest BCUT2D eigenvalue weighted by Crippen LogP contribution is -2.37. The fourth-order valence-electron chi connectivity index (χ4n) is 3.56. The number of hydrogen-bond acceptors (Lipinski definition) is 7.